The third-order valence-corrected chi connectivity index (χ3v) is 6.96. The van der Waals surface area contributed by atoms with Crippen LogP contribution in [0.1, 0.15) is 53.4 Å². The van der Waals surface area contributed by atoms with E-state index >= 15 is 0 Å². The van der Waals surface area contributed by atoms with E-state index < -0.39 is 0 Å². The largest absolute Gasteiger partial charge is 0.482 e. The minimum atomic E-state index is -0.138. The highest BCUT2D eigenvalue weighted by atomic mass is 32.1. The van der Waals surface area contributed by atoms with Gasteiger partial charge in [-0.2, -0.15) is 5.10 Å². The number of aromatic nitrogens is 1. The Morgan fingerprint density at radius 1 is 1.31 bits per heavy atom. The lowest BCUT2D eigenvalue weighted by Gasteiger charge is -2.34. The van der Waals surface area contributed by atoms with E-state index in [-0.39, 0.29) is 12.5 Å². The fourth-order valence-electron chi connectivity index (χ4n) is 4.21. The highest BCUT2D eigenvalue weighted by Gasteiger charge is 2.28. The lowest BCUT2D eigenvalue weighted by Crippen LogP contribution is -2.27. The van der Waals surface area contributed by atoms with E-state index in [9.17, 15) is 4.79 Å². The molecule has 0 spiro atoms. The average Bonchev–Trinajstić information content (AvgIpc) is 3.13. The number of nitrogens with one attached hydrogen (secondary N) is 1. The number of ether oxygens (including phenoxy) is 1. The number of fused-ring (bicyclic) bond motifs is 1. The Balaban J connectivity index is 1.71. The number of benzene rings is 1. The van der Waals surface area contributed by atoms with Gasteiger partial charge in [-0.15, -0.1) is 11.3 Å². The number of carbonyl (C=O) groups is 1. The SMILES string of the molecule is C=C(C)CN=c1scc(-c2ccc3c(c2)NC(=O)CO3)n1N=C1CCC(C(C)(C)C)CC1. The number of hydrogen-bond donors (Lipinski definition) is 1. The van der Waals surface area contributed by atoms with Crippen LogP contribution in [-0.2, 0) is 4.79 Å². The van der Waals surface area contributed by atoms with Crippen molar-refractivity contribution in [2.45, 2.75) is 53.4 Å². The molecule has 0 radical (unpaired) electrons. The molecule has 32 heavy (non-hydrogen) atoms. The summed E-state index contributed by atoms with van der Waals surface area (Å²) >= 11 is 1.57. The molecule has 4 rings (SSSR count). The van der Waals surface area contributed by atoms with Crippen LogP contribution in [0.15, 0.2) is 45.8 Å². The lowest BCUT2D eigenvalue weighted by atomic mass is 9.72. The molecule has 0 atom stereocenters. The van der Waals surface area contributed by atoms with Crippen LogP contribution >= 0.6 is 11.3 Å². The van der Waals surface area contributed by atoms with Gasteiger partial charge >= 0.3 is 0 Å². The van der Waals surface area contributed by atoms with E-state index in [0.717, 1.165) is 40.4 Å². The minimum Gasteiger partial charge on any atom is -0.482 e. The zero-order chi connectivity index (χ0) is 22.9. The molecule has 1 N–H and O–H groups in total. The summed E-state index contributed by atoms with van der Waals surface area (Å²) in [5, 5.41) is 10.1. The fraction of sp³-hybridized carbons (Fsp3) is 0.480. The van der Waals surface area contributed by atoms with Crippen LogP contribution < -0.4 is 14.9 Å². The molecule has 0 bridgehead atoms. The summed E-state index contributed by atoms with van der Waals surface area (Å²) in [7, 11) is 0. The van der Waals surface area contributed by atoms with Crippen molar-refractivity contribution in [2.24, 2.45) is 21.4 Å². The van der Waals surface area contributed by atoms with E-state index in [1.165, 1.54) is 18.6 Å². The smallest absolute Gasteiger partial charge is 0.262 e. The van der Waals surface area contributed by atoms with Gasteiger partial charge in [-0.25, -0.2) is 4.68 Å². The third kappa shape index (κ3) is 5.04. The van der Waals surface area contributed by atoms with Crippen molar-refractivity contribution in [1.82, 2.24) is 4.68 Å². The first-order chi connectivity index (χ1) is 15.2. The molecule has 1 fully saturated rings. The van der Waals surface area contributed by atoms with Gasteiger partial charge in [0.05, 0.1) is 17.9 Å². The Morgan fingerprint density at radius 2 is 2.06 bits per heavy atom. The van der Waals surface area contributed by atoms with Crippen molar-refractivity contribution >= 4 is 28.6 Å². The predicted molar refractivity (Wildman–Crippen MR) is 131 cm³/mol. The molecule has 0 unspecified atom stereocenters. The first-order valence-corrected chi connectivity index (χ1v) is 12.1. The topological polar surface area (TPSA) is 68.0 Å². The monoisotopic (exact) mass is 452 g/mol. The van der Waals surface area contributed by atoms with Crippen LogP contribution in [0, 0.1) is 11.3 Å². The Hall–Kier alpha value is -2.67. The second-order valence-electron chi connectivity index (χ2n) is 9.84. The van der Waals surface area contributed by atoms with Crippen molar-refractivity contribution in [3.8, 4) is 17.0 Å². The van der Waals surface area contributed by atoms with E-state index in [1.807, 2.05) is 29.8 Å². The Kier molecular flexibility index (Phi) is 6.38. The van der Waals surface area contributed by atoms with Crippen LogP contribution in [0.4, 0.5) is 5.69 Å². The Bertz CT molecular complexity index is 1120. The van der Waals surface area contributed by atoms with Crippen molar-refractivity contribution in [2.75, 3.05) is 18.5 Å². The first-order valence-electron chi connectivity index (χ1n) is 11.2. The number of rotatable bonds is 4. The van der Waals surface area contributed by atoms with E-state index in [4.69, 9.17) is 14.8 Å². The zero-order valence-electron chi connectivity index (χ0n) is 19.4. The first kappa shape index (κ1) is 22.5. The summed E-state index contributed by atoms with van der Waals surface area (Å²) < 4.78 is 7.48. The van der Waals surface area contributed by atoms with Gasteiger partial charge in [0.25, 0.3) is 5.91 Å². The van der Waals surface area contributed by atoms with Crippen LogP contribution in [-0.4, -0.2) is 29.4 Å². The van der Waals surface area contributed by atoms with Crippen LogP contribution in [0.25, 0.3) is 11.3 Å². The number of hydrogen-bond acceptors (Lipinski definition) is 5. The molecule has 2 heterocycles. The summed E-state index contributed by atoms with van der Waals surface area (Å²) in [6, 6.07) is 5.86. The van der Waals surface area contributed by atoms with Crippen molar-refractivity contribution in [3.05, 3.63) is 40.5 Å². The molecule has 0 saturated heterocycles. The summed E-state index contributed by atoms with van der Waals surface area (Å²) in [5.41, 5.74) is 5.19. The highest BCUT2D eigenvalue weighted by molar-refractivity contribution is 7.07. The number of carbonyl (C=O) groups excluding carboxylic acids is 1. The summed E-state index contributed by atoms with van der Waals surface area (Å²) in [4.78, 5) is 17.4. The minimum absolute atomic E-state index is 0.0535. The third-order valence-electron chi connectivity index (χ3n) is 6.11. The van der Waals surface area contributed by atoms with Gasteiger partial charge in [-0.3, -0.25) is 9.79 Å². The second-order valence-corrected chi connectivity index (χ2v) is 10.7. The quantitative estimate of drug-likeness (QED) is 0.626. The maximum atomic E-state index is 11.8. The molecular formula is C25H32N4O2S. The molecular weight excluding hydrogens is 420 g/mol. The predicted octanol–water partition coefficient (Wildman–Crippen LogP) is 5.46. The lowest BCUT2D eigenvalue weighted by molar-refractivity contribution is -0.118. The molecule has 2 aromatic rings. The molecule has 1 aliphatic heterocycles. The molecule has 1 aromatic carbocycles. The molecule has 1 aliphatic carbocycles. The molecule has 170 valence electrons. The van der Waals surface area contributed by atoms with Gasteiger partial charge in [0, 0.05) is 16.7 Å². The van der Waals surface area contributed by atoms with Crippen LogP contribution in [0.3, 0.4) is 0 Å². The summed E-state index contributed by atoms with van der Waals surface area (Å²) in [6.45, 7) is 13.6. The fourth-order valence-corrected chi connectivity index (χ4v) is 5.04. The standard InChI is InChI=1S/C25H32N4O2S/c1-16(2)13-26-24-29(28-19-9-7-18(8-10-19)25(3,4)5)21(15-32-24)17-6-11-22-20(12-17)27-23(30)14-31-22/h6,11-12,15,18H,1,7-10,13-14H2,2-5H3,(H,27,30). The number of thiazole rings is 1. The summed E-state index contributed by atoms with van der Waals surface area (Å²) in [6.07, 6.45) is 4.36. The van der Waals surface area contributed by atoms with E-state index in [0.29, 0.717) is 23.4 Å². The molecule has 1 saturated carbocycles. The Labute approximate surface area is 193 Å². The maximum Gasteiger partial charge on any atom is 0.262 e. The van der Waals surface area contributed by atoms with Gasteiger partial charge in [0.2, 0.25) is 4.80 Å². The maximum absolute atomic E-state index is 11.8. The van der Waals surface area contributed by atoms with Crippen molar-refractivity contribution in [1.29, 1.82) is 0 Å². The number of amides is 1. The average molecular weight is 453 g/mol. The number of nitrogens with zero attached hydrogens (tertiary/aromatic N) is 3. The van der Waals surface area contributed by atoms with Gasteiger partial charge in [-0.05, 0) is 62.1 Å². The molecule has 2 aliphatic rings. The van der Waals surface area contributed by atoms with Gasteiger partial charge < -0.3 is 10.1 Å². The second kappa shape index (κ2) is 9.06. The molecule has 1 amide bonds. The molecule has 1 aromatic heterocycles. The van der Waals surface area contributed by atoms with Crippen molar-refractivity contribution in [3.63, 3.8) is 0 Å². The molecule has 6 nitrogen and oxygen atoms in total. The Morgan fingerprint density at radius 3 is 2.75 bits per heavy atom. The summed E-state index contributed by atoms with van der Waals surface area (Å²) in [5.74, 6) is 1.28. The normalized spacial score (nSPS) is 19.2. The molecule has 7 heteroatoms. The van der Waals surface area contributed by atoms with Gasteiger partial charge in [0.1, 0.15) is 5.75 Å². The zero-order valence-corrected chi connectivity index (χ0v) is 20.2. The number of anilines is 1. The van der Waals surface area contributed by atoms with Gasteiger partial charge in [0.15, 0.2) is 6.61 Å². The van der Waals surface area contributed by atoms with Crippen LogP contribution in [0.2, 0.25) is 0 Å². The van der Waals surface area contributed by atoms with Crippen molar-refractivity contribution < 1.29 is 9.53 Å². The van der Waals surface area contributed by atoms with E-state index in [1.54, 1.807) is 11.3 Å². The van der Waals surface area contributed by atoms with E-state index in [2.05, 4.69) is 38.0 Å². The highest BCUT2D eigenvalue weighted by Crippen LogP contribution is 2.37. The van der Waals surface area contributed by atoms with Gasteiger partial charge in [-0.1, -0.05) is 32.9 Å². The van der Waals surface area contributed by atoms with Crippen LogP contribution in [0.5, 0.6) is 5.75 Å².